The van der Waals surface area contributed by atoms with Crippen LogP contribution in [0.25, 0.3) is 0 Å². The van der Waals surface area contributed by atoms with Gasteiger partial charge in [-0.3, -0.25) is 4.90 Å². The molecule has 3 heteroatoms. The van der Waals surface area contributed by atoms with E-state index in [-0.39, 0.29) is 0 Å². The lowest BCUT2D eigenvalue weighted by atomic mass is 10.1. The molecule has 0 aromatic heterocycles. The van der Waals surface area contributed by atoms with Crippen molar-refractivity contribution in [1.82, 2.24) is 10.2 Å². The Morgan fingerprint density at radius 1 is 1.33 bits per heavy atom. The number of hydrogen-bond acceptors (Lipinski definition) is 3. The summed E-state index contributed by atoms with van der Waals surface area (Å²) in [4.78, 5) is 2.67. The Bertz CT molecular complexity index is 218. The third-order valence-corrected chi connectivity index (χ3v) is 5.20. The average Bonchev–Trinajstić information content (AvgIpc) is 2.77. The Labute approximate surface area is 98.2 Å². The van der Waals surface area contributed by atoms with Gasteiger partial charge in [-0.05, 0) is 45.9 Å². The number of rotatable bonds is 4. The molecule has 2 saturated heterocycles. The Balaban J connectivity index is 1.80. The van der Waals surface area contributed by atoms with Crippen LogP contribution in [0.1, 0.15) is 33.1 Å². The number of hydrogen-bond donors (Lipinski definition) is 1. The van der Waals surface area contributed by atoms with Crippen molar-refractivity contribution < 1.29 is 0 Å². The molecular weight excluding hydrogens is 204 g/mol. The molecule has 0 radical (unpaired) electrons. The van der Waals surface area contributed by atoms with Gasteiger partial charge in [0.15, 0.2) is 0 Å². The molecule has 0 bridgehead atoms. The fourth-order valence-corrected chi connectivity index (χ4v) is 3.00. The minimum atomic E-state index is 0.381. The van der Waals surface area contributed by atoms with E-state index in [0.717, 1.165) is 18.6 Å². The quantitative estimate of drug-likeness (QED) is 0.792. The summed E-state index contributed by atoms with van der Waals surface area (Å²) >= 11 is 1.96. The van der Waals surface area contributed by atoms with Gasteiger partial charge in [0.1, 0.15) is 0 Å². The van der Waals surface area contributed by atoms with Crippen LogP contribution in [0.4, 0.5) is 0 Å². The second kappa shape index (κ2) is 4.64. The molecule has 2 aliphatic heterocycles. The summed E-state index contributed by atoms with van der Waals surface area (Å²) in [6.45, 7) is 8.46. The van der Waals surface area contributed by atoms with Crippen molar-refractivity contribution in [1.29, 1.82) is 0 Å². The summed E-state index contributed by atoms with van der Waals surface area (Å²) in [5, 5.41) is 3.78. The molecule has 2 nitrogen and oxygen atoms in total. The van der Waals surface area contributed by atoms with Gasteiger partial charge in [0, 0.05) is 29.9 Å². The minimum Gasteiger partial charge on any atom is -0.311 e. The molecule has 15 heavy (non-hydrogen) atoms. The number of fused-ring (bicyclic) bond motifs is 1. The zero-order valence-corrected chi connectivity index (χ0v) is 11.1. The highest BCUT2D eigenvalue weighted by molar-refractivity contribution is 7.99. The van der Waals surface area contributed by atoms with E-state index in [0.29, 0.717) is 4.75 Å². The molecule has 2 rings (SSSR count). The standard InChI is InChI=1S/C12H24N2S/c1-12(2,15-3)9-13-10-6-8-14-7-4-5-11(10)14/h10-11,13H,4-9H2,1-3H3. The summed E-state index contributed by atoms with van der Waals surface area (Å²) in [5.41, 5.74) is 0. The van der Waals surface area contributed by atoms with Crippen molar-refractivity contribution in [2.75, 3.05) is 25.9 Å². The largest absolute Gasteiger partial charge is 0.311 e. The van der Waals surface area contributed by atoms with Crippen LogP contribution < -0.4 is 5.32 Å². The van der Waals surface area contributed by atoms with Crippen LogP contribution in [0, 0.1) is 0 Å². The monoisotopic (exact) mass is 228 g/mol. The lowest BCUT2D eigenvalue weighted by Gasteiger charge is -2.27. The van der Waals surface area contributed by atoms with Crippen LogP contribution in [0.2, 0.25) is 0 Å². The van der Waals surface area contributed by atoms with Gasteiger partial charge in [-0.2, -0.15) is 11.8 Å². The topological polar surface area (TPSA) is 15.3 Å². The molecule has 2 unspecified atom stereocenters. The van der Waals surface area contributed by atoms with Gasteiger partial charge in [-0.1, -0.05) is 0 Å². The lowest BCUT2D eigenvalue weighted by Crippen LogP contribution is -2.44. The van der Waals surface area contributed by atoms with E-state index in [2.05, 4.69) is 30.3 Å². The number of nitrogens with one attached hydrogen (secondary N) is 1. The van der Waals surface area contributed by atoms with Crippen molar-refractivity contribution >= 4 is 11.8 Å². The summed E-state index contributed by atoms with van der Waals surface area (Å²) < 4.78 is 0.381. The zero-order valence-electron chi connectivity index (χ0n) is 10.3. The molecule has 0 saturated carbocycles. The van der Waals surface area contributed by atoms with Gasteiger partial charge in [-0.25, -0.2) is 0 Å². The van der Waals surface area contributed by atoms with E-state index in [1.807, 2.05) is 11.8 Å². The molecule has 2 aliphatic rings. The third kappa shape index (κ3) is 2.69. The molecule has 0 aromatic rings. The predicted molar refractivity (Wildman–Crippen MR) is 68.6 cm³/mol. The Kier molecular flexibility index (Phi) is 3.63. The first-order valence-electron chi connectivity index (χ1n) is 6.15. The molecule has 0 spiro atoms. The SMILES string of the molecule is CSC(C)(C)CNC1CCN2CCCC12. The number of thioether (sulfide) groups is 1. The van der Waals surface area contributed by atoms with Crippen molar-refractivity contribution in [3.63, 3.8) is 0 Å². The van der Waals surface area contributed by atoms with Gasteiger partial charge in [0.05, 0.1) is 0 Å². The maximum atomic E-state index is 3.78. The van der Waals surface area contributed by atoms with E-state index in [9.17, 15) is 0 Å². The normalized spacial score (nSPS) is 32.2. The van der Waals surface area contributed by atoms with Crippen LogP contribution >= 0.6 is 11.8 Å². The van der Waals surface area contributed by atoms with E-state index in [1.54, 1.807) is 0 Å². The van der Waals surface area contributed by atoms with Crippen LogP contribution in [0.5, 0.6) is 0 Å². The van der Waals surface area contributed by atoms with Crippen LogP contribution in [-0.4, -0.2) is 47.6 Å². The van der Waals surface area contributed by atoms with Crippen molar-refractivity contribution in [2.45, 2.75) is 49.9 Å². The molecule has 0 aliphatic carbocycles. The minimum absolute atomic E-state index is 0.381. The van der Waals surface area contributed by atoms with Gasteiger partial charge in [0.2, 0.25) is 0 Å². The molecular formula is C12H24N2S. The van der Waals surface area contributed by atoms with E-state index >= 15 is 0 Å². The van der Waals surface area contributed by atoms with Gasteiger partial charge < -0.3 is 5.32 Å². The molecule has 0 aromatic carbocycles. The third-order valence-electron chi connectivity index (χ3n) is 3.95. The highest BCUT2D eigenvalue weighted by Gasteiger charge is 2.37. The highest BCUT2D eigenvalue weighted by Crippen LogP contribution is 2.28. The zero-order chi connectivity index (χ0) is 10.9. The molecule has 88 valence electrons. The highest BCUT2D eigenvalue weighted by atomic mass is 32.2. The molecule has 0 amide bonds. The Morgan fingerprint density at radius 3 is 2.87 bits per heavy atom. The van der Waals surface area contributed by atoms with E-state index < -0.39 is 0 Å². The second-order valence-corrected chi connectivity index (χ2v) is 7.00. The van der Waals surface area contributed by atoms with Crippen molar-refractivity contribution in [3.05, 3.63) is 0 Å². The molecule has 2 heterocycles. The summed E-state index contributed by atoms with van der Waals surface area (Å²) in [5.74, 6) is 0. The first-order valence-corrected chi connectivity index (χ1v) is 7.37. The van der Waals surface area contributed by atoms with Crippen LogP contribution in [0.15, 0.2) is 0 Å². The first kappa shape index (κ1) is 11.7. The molecule has 1 N–H and O–H groups in total. The van der Waals surface area contributed by atoms with E-state index in [1.165, 1.54) is 32.4 Å². The van der Waals surface area contributed by atoms with Gasteiger partial charge in [-0.15, -0.1) is 0 Å². The summed E-state index contributed by atoms with van der Waals surface area (Å²) in [6, 6.07) is 1.61. The second-order valence-electron chi connectivity index (χ2n) is 5.49. The summed E-state index contributed by atoms with van der Waals surface area (Å²) in [6.07, 6.45) is 6.39. The smallest absolute Gasteiger partial charge is 0.0250 e. The Hall–Kier alpha value is 0.270. The Morgan fingerprint density at radius 2 is 2.13 bits per heavy atom. The van der Waals surface area contributed by atoms with Crippen LogP contribution in [-0.2, 0) is 0 Å². The molecule has 2 atom stereocenters. The number of nitrogens with zero attached hydrogens (tertiary/aromatic N) is 1. The average molecular weight is 228 g/mol. The van der Waals surface area contributed by atoms with Gasteiger partial charge in [0.25, 0.3) is 0 Å². The van der Waals surface area contributed by atoms with Crippen molar-refractivity contribution in [3.8, 4) is 0 Å². The lowest BCUT2D eigenvalue weighted by molar-refractivity contribution is 0.297. The summed E-state index contributed by atoms with van der Waals surface area (Å²) in [7, 11) is 0. The first-order chi connectivity index (χ1) is 7.12. The fourth-order valence-electron chi connectivity index (χ4n) is 2.77. The van der Waals surface area contributed by atoms with E-state index in [4.69, 9.17) is 0 Å². The van der Waals surface area contributed by atoms with Gasteiger partial charge >= 0.3 is 0 Å². The van der Waals surface area contributed by atoms with Crippen LogP contribution in [0.3, 0.4) is 0 Å². The fraction of sp³-hybridized carbons (Fsp3) is 1.00. The molecule has 2 fully saturated rings. The van der Waals surface area contributed by atoms with Crippen molar-refractivity contribution in [2.24, 2.45) is 0 Å². The predicted octanol–water partition coefficient (Wildman–Crippen LogP) is 1.95. The maximum absolute atomic E-state index is 3.78. The maximum Gasteiger partial charge on any atom is 0.0250 e.